The summed E-state index contributed by atoms with van der Waals surface area (Å²) >= 11 is 0. The van der Waals surface area contributed by atoms with Crippen molar-refractivity contribution in [3.63, 3.8) is 0 Å². The lowest BCUT2D eigenvalue weighted by Gasteiger charge is -2.16. The maximum absolute atomic E-state index is 6.16. The largest absolute Gasteiger partial charge is 0.494 e. The second-order valence-electron chi connectivity index (χ2n) is 6.09. The van der Waals surface area contributed by atoms with Gasteiger partial charge in [0.15, 0.2) is 0 Å². The van der Waals surface area contributed by atoms with Crippen molar-refractivity contribution in [2.24, 2.45) is 0 Å². The van der Waals surface area contributed by atoms with E-state index in [2.05, 4.69) is 46.8 Å². The van der Waals surface area contributed by atoms with E-state index in [4.69, 9.17) is 9.47 Å². The number of benzene rings is 2. The van der Waals surface area contributed by atoms with Crippen molar-refractivity contribution in [1.82, 2.24) is 0 Å². The van der Waals surface area contributed by atoms with Crippen LogP contribution in [-0.4, -0.2) is 6.61 Å². The molecule has 0 spiro atoms. The second kappa shape index (κ2) is 6.87. The Labute approximate surface area is 134 Å². The van der Waals surface area contributed by atoms with Crippen LogP contribution in [0.5, 0.6) is 17.2 Å². The molecule has 0 saturated carbocycles. The molecule has 0 aromatic heterocycles. The molecule has 0 atom stereocenters. The van der Waals surface area contributed by atoms with Crippen molar-refractivity contribution in [2.75, 3.05) is 6.61 Å². The minimum atomic E-state index is 0.492. The van der Waals surface area contributed by atoms with Crippen LogP contribution >= 0.6 is 0 Å². The molecule has 0 unspecified atom stereocenters. The van der Waals surface area contributed by atoms with Gasteiger partial charge in [0.25, 0.3) is 0 Å². The quantitative estimate of drug-likeness (QED) is 0.681. The maximum atomic E-state index is 6.16. The van der Waals surface area contributed by atoms with Gasteiger partial charge in [-0.3, -0.25) is 0 Å². The summed E-state index contributed by atoms with van der Waals surface area (Å²) in [5, 5.41) is 0. The van der Waals surface area contributed by atoms with Crippen LogP contribution in [0.3, 0.4) is 0 Å². The summed E-state index contributed by atoms with van der Waals surface area (Å²) < 4.78 is 11.7. The molecule has 0 radical (unpaired) electrons. The molecule has 0 N–H and O–H groups in total. The first-order valence-corrected chi connectivity index (χ1v) is 7.94. The molecule has 2 aromatic rings. The minimum absolute atomic E-state index is 0.492. The fraction of sp³-hybridized carbons (Fsp3) is 0.400. The third kappa shape index (κ3) is 3.62. The predicted molar refractivity (Wildman–Crippen MR) is 92.4 cm³/mol. The molecule has 0 heterocycles. The summed E-state index contributed by atoms with van der Waals surface area (Å²) in [7, 11) is 0. The van der Waals surface area contributed by atoms with Crippen LogP contribution < -0.4 is 9.47 Å². The summed E-state index contributed by atoms with van der Waals surface area (Å²) in [5.74, 6) is 3.20. The van der Waals surface area contributed by atoms with Crippen molar-refractivity contribution in [1.29, 1.82) is 0 Å². The number of aryl methyl sites for hydroxylation is 3. The Kier molecular flexibility index (Phi) is 5.12. The first-order chi connectivity index (χ1) is 10.4. The maximum Gasteiger partial charge on any atom is 0.133 e. The van der Waals surface area contributed by atoms with Gasteiger partial charge in [0.05, 0.1) is 6.61 Å². The van der Waals surface area contributed by atoms with Gasteiger partial charge < -0.3 is 9.47 Å². The van der Waals surface area contributed by atoms with Crippen molar-refractivity contribution in [3.8, 4) is 17.2 Å². The summed E-state index contributed by atoms with van der Waals surface area (Å²) in [6, 6.07) is 10.4. The van der Waals surface area contributed by atoms with Gasteiger partial charge in [-0.15, -0.1) is 0 Å². The van der Waals surface area contributed by atoms with Crippen LogP contribution in [-0.2, 0) is 0 Å². The molecule has 0 fully saturated rings. The van der Waals surface area contributed by atoms with Crippen LogP contribution in [0.1, 0.15) is 48.9 Å². The molecule has 0 aliphatic carbocycles. The molecule has 22 heavy (non-hydrogen) atoms. The van der Waals surface area contributed by atoms with E-state index in [1.165, 1.54) is 11.1 Å². The zero-order valence-corrected chi connectivity index (χ0v) is 14.5. The number of rotatable bonds is 5. The van der Waals surface area contributed by atoms with E-state index in [1.54, 1.807) is 0 Å². The molecule has 0 aliphatic rings. The third-order valence-electron chi connectivity index (χ3n) is 3.84. The molecule has 2 nitrogen and oxygen atoms in total. The van der Waals surface area contributed by atoms with Crippen LogP contribution in [0.15, 0.2) is 30.3 Å². The first kappa shape index (κ1) is 16.4. The van der Waals surface area contributed by atoms with E-state index in [0.29, 0.717) is 12.5 Å². The highest BCUT2D eigenvalue weighted by Gasteiger charge is 2.10. The average molecular weight is 298 g/mol. The zero-order valence-electron chi connectivity index (χ0n) is 14.5. The lowest BCUT2D eigenvalue weighted by Crippen LogP contribution is -1.97. The normalized spacial score (nSPS) is 10.9. The van der Waals surface area contributed by atoms with E-state index in [0.717, 1.165) is 28.4 Å². The highest BCUT2D eigenvalue weighted by atomic mass is 16.5. The molecular formula is C20H26O2. The lowest BCUT2D eigenvalue weighted by molar-refractivity contribution is 0.339. The standard InChI is InChI=1S/C20H26O2/c1-7-21-18-10-15(5)20(16(6)11-18)22-17-9-8-14(4)19(12-17)13(2)3/h8-13H,7H2,1-6H3. The fourth-order valence-corrected chi connectivity index (χ4v) is 2.74. The summed E-state index contributed by atoms with van der Waals surface area (Å²) in [5.41, 5.74) is 4.83. The van der Waals surface area contributed by atoms with Gasteiger partial charge in [0.1, 0.15) is 17.2 Å². The van der Waals surface area contributed by atoms with Crippen LogP contribution in [0.4, 0.5) is 0 Å². The summed E-state index contributed by atoms with van der Waals surface area (Å²) in [4.78, 5) is 0. The van der Waals surface area contributed by atoms with Crippen LogP contribution in [0.25, 0.3) is 0 Å². The SMILES string of the molecule is CCOc1cc(C)c(Oc2ccc(C)c(C(C)C)c2)c(C)c1. The van der Waals surface area contributed by atoms with Gasteiger partial charge >= 0.3 is 0 Å². The smallest absolute Gasteiger partial charge is 0.133 e. The highest BCUT2D eigenvalue weighted by molar-refractivity contribution is 5.49. The number of hydrogen-bond acceptors (Lipinski definition) is 2. The molecule has 0 bridgehead atoms. The Hall–Kier alpha value is -1.96. The van der Waals surface area contributed by atoms with Gasteiger partial charge in [-0.05, 0) is 80.1 Å². The van der Waals surface area contributed by atoms with Gasteiger partial charge in [-0.1, -0.05) is 19.9 Å². The zero-order chi connectivity index (χ0) is 16.3. The van der Waals surface area contributed by atoms with E-state index in [1.807, 2.05) is 25.1 Å². The molecule has 0 aliphatic heterocycles. The van der Waals surface area contributed by atoms with E-state index in [9.17, 15) is 0 Å². The lowest BCUT2D eigenvalue weighted by atomic mass is 9.98. The van der Waals surface area contributed by atoms with E-state index < -0.39 is 0 Å². The van der Waals surface area contributed by atoms with E-state index >= 15 is 0 Å². The Morgan fingerprint density at radius 3 is 2.05 bits per heavy atom. The Morgan fingerprint density at radius 2 is 1.50 bits per heavy atom. The van der Waals surface area contributed by atoms with E-state index in [-0.39, 0.29) is 0 Å². The summed E-state index contributed by atoms with van der Waals surface area (Å²) in [6.45, 7) is 13.3. The third-order valence-corrected chi connectivity index (χ3v) is 3.84. The van der Waals surface area contributed by atoms with Crippen molar-refractivity contribution >= 4 is 0 Å². The monoisotopic (exact) mass is 298 g/mol. The minimum Gasteiger partial charge on any atom is -0.494 e. The number of ether oxygens (including phenoxy) is 2. The van der Waals surface area contributed by atoms with Crippen molar-refractivity contribution < 1.29 is 9.47 Å². The first-order valence-electron chi connectivity index (χ1n) is 7.94. The van der Waals surface area contributed by atoms with Gasteiger partial charge in [0.2, 0.25) is 0 Å². The summed E-state index contributed by atoms with van der Waals surface area (Å²) in [6.07, 6.45) is 0. The molecule has 118 valence electrons. The highest BCUT2D eigenvalue weighted by Crippen LogP contribution is 2.34. The van der Waals surface area contributed by atoms with Crippen LogP contribution in [0, 0.1) is 20.8 Å². The van der Waals surface area contributed by atoms with Gasteiger partial charge in [-0.25, -0.2) is 0 Å². The molecule has 0 amide bonds. The number of hydrogen-bond donors (Lipinski definition) is 0. The Bertz CT molecular complexity index is 634. The topological polar surface area (TPSA) is 18.5 Å². The average Bonchev–Trinajstić information content (AvgIpc) is 2.44. The van der Waals surface area contributed by atoms with Gasteiger partial charge in [-0.2, -0.15) is 0 Å². The Balaban J connectivity index is 2.33. The molecule has 2 heteroatoms. The fourth-order valence-electron chi connectivity index (χ4n) is 2.74. The van der Waals surface area contributed by atoms with Crippen molar-refractivity contribution in [2.45, 2.75) is 47.5 Å². The Morgan fingerprint density at radius 1 is 0.864 bits per heavy atom. The molecule has 0 saturated heterocycles. The predicted octanol–water partition coefficient (Wildman–Crippen LogP) is 5.93. The molecular weight excluding hydrogens is 272 g/mol. The van der Waals surface area contributed by atoms with Crippen molar-refractivity contribution in [3.05, 3.63) is 52.6 Å². The van der Waals surface area contributed by atoms with Gasteiger partial charge in [0, 0.05) is 0 Å². The van der Waals surface area contributed by atoms with Crippen LogP contribution in [0.2, 0.25) is 0 Å². The molecule has 2 rings (SSSR count). The molecule has 2 aromatic carbocycles. The second-order valence-corrected chi connectivity index (χ2v) is 6.09.